The van der Waals surface area contributed by atoms with Gasteiger partial charge in [-0.15, -0.1) is 5.10 Å². The van der Waals surface area contributed by atoms with Gasteiger partial charge in [0.2, 0.25) is 0 Å². The van der Waals surface area contributed by atoms with Crippen LogP contribution in [0.25, 0.3) is 22.4 Å². The van der Waals surface area contributed by atoms with Crippen molar-refractivity contribution in [2.45, 2.75) is 38.1 Å². The molecular formula is C21H21FN8O. The Hall–Kier alpha value is -3.69. The number of hydrogen-bond donors (Lipinski definition) is 2. The van der Waals surface area contributed by atoms with E-state index in [0.717, 1.165) is 18.7 Å². The molecule has 1 fully saturated rings. The van der Waals surface area contributed by atoms with Crippen molar-refractivity contribution in [1.82, 2.24) is 40.2 Å². The molecule has 3 heterocycles. The first-order valence-electron chi connectivity index (χ1n) is 10.2. The van der Waals surface area contributed by atoms with Crippen LogP contribution in [0.5, 0.6) is 0 Å². The predicted molar refractivity (Wildman–Crippen MR) is 110 cm³/mol. The molecule has 10 heteroatoms. The van der Waals surface area contributed by atoms with E-state index >= 15 is 0 Å². The van der Waals surface area contributed by atoms with E-state index in [-0.39, 0.29) is 18.1 Å². The number of carbonyl (C=O) groups excluding carboxylic acids is 1. The zero-order valence-electron chi connectivity index (χ0n) is 17.0. The SMILES string of the molecule is Cn1cc(-c2cc(F)cc(CNC(=O)c3ncnc4nc(C5CCCC5)[nH]c34)c2)nn1. The molecule has 2 N–H and O–H groups in total. The van der Waals surface area contributed by atoms with Crippen molar-refractivity contribution >= 4 is 17.1 Å². The summed E-state index contributed by atoms with van der Waals surface area (Å²) in [5, 5.41) is 10.7. The molecule has 1 aliphatic carbocycles. The molecule has 0 bridgehead atoms. The summed E-state index contributed by atoms with van der Waals surface area (Å²) in [6, 6.07) is 4.54. The number of aromatic nitrogens is 7. The van der Waals surface area contributed by atoms with Crippen LogP contribution in [-0.2, 0) is 13.6 Å². The lowest BCUT2D eigenvalue weighted by atomic mass is 10.1. The smallest absolute Gasteiger partial charge is 0.272 e. The number of aromatic amines is 1. The van der Waals surface area contributed by atoms with Crippen molar-refractivity contribution in [1.29, 1.82) is 0 Å². The monoisotopic (exact) mass is 420 g/mol. The summed E-state index contributed by atoms with van der Waals surface area (Å²) in [7, 11) is 1.74. The number of halogens is 1. The van der Waals surface area contributed by atoms with Crippen molar-refractivity contribution in [3.63, 3.8) is 0 Å². The Kier molecular flexibility index (Phi) is 4.89. The topological polar surface area (TPSA) is 114 Å². The number of rotatable bonds is 5. The Labute approximate surface area is 177 Å². The third-order valence-corrected chi connectivity index (χ3v) is 5.57. The van der Waals surface area contributed by atoms with E-state index in [4.69, 9.17) is 0 Å². The van der Waals surface area contributed by atoms with E-state index in [2.05, 4.69) is 35.6 Å². The lowest BCUT2D eigenvalue weighted by Crippen LogP contribution is -2.24. The maximum Gasteiger partial charge on any atom is 0.272 e. The van der Waals surface area contributed by atoms with Crippen LogP contribution < -0.4 is 5.32 Å². The normalized spacial score (nSPS) is 14.4. The number of fused-ring (bicyclic) bond motifs is 1. The highest BCUT2D eigenvalue weighted by Gasteiger charge is 2.23. The second kappa shape index (κ2) is 7.86. The number of carbonyl (C=O) groups is 1. The second-order valence-electron chi connectivity index (χ2n) is 7.83. The Bertz CT molecular complexity index is 1260. The zero-order valence-corrected chi connectivity index (χ0v) is 17.0. The minimum Gasteiger partial charge on any atom is -0.347 e. The highest BCUT2D eigenvalue weighted by Crippen LogP contribution is 2.33. The first-order chi connectivity index (χ1) is 15.1. The molecule has 4 aromatic rings. The summed E-state index contributed by atoms with van der Waals surface area (Å²) in [6.07, 6.45) is 7.58. The fourth-order valence-corrected chi connectivity index (χ4v) is 4.06. The average Bonchev–Trinajstić information content (AvgIpc) is 3.51. The van der Waals surface area contributed by atoms with E-state index in [1.807, 2.05) is 0 Å². The summed E-state index contributed by atoms with van der Waals surface area (Å²) in [4.78, 5) is 29.0. The number of imidazole rings is 1. The quantitative estimate of drug-likeness (QED) is 0.513. The van der Waals surface area contributed by atoms with Gasteiger partial charge in [-0.1, -0.05) is 18.1 Å². The average molecular weight is 420 g/mol. The predicted octanol–water partition coefficient (Wildman–Crippen LogP) is 2.88. The third-order valence-electron chi connectivity index (χ3n) is 5.57. The lowest BCUT2D eigenvalue weighted by molar-refractivity contribution is 0.0947. The molecule has 158 valence electrons. The molecule has 1 saturated carbocycles. The van der Waals surface area contributed by atoms with Crippen LogP contribution in [0.2, 0.25) is 0 Å². The molecule has 3 aromatic heterocycles. The Morgan fingerprint density at radius 2 is 2.10 bits per heavy atom. The van der Waals surface area contributed by atoms with Crippen LogP contribution in [0.1, 0.15) is 53.5 Å². The van der Waals surface area contributed by atoms with Gasteiger partial charge in [0.15, 0.2) is 11.3 Å². The molecule has 0 spiro atoms. The molecule has 0 atom stereocenters. The third kappa shape index (κ3) is 3.88. The molecule has 1 aromatic carbocycles. The van der Waals surface area contributed by atoms with Crippen LogP contribution >= 0.6 is 0 Å². The largest absolute Gasteiger partial charge is 0.347 e. The summed E-state index contributed by atoms with van der Waals surface area (Å²) in [5.74, 6) is 0.448. The maximum atomic E-state index is 14.1. The molecule has 0 aliphatic heterocycles. The van der Waals surface area contributed by atoms with Gasteiger partial charge < -0.3 is 10.3 Å². The van der Waals surface area contributed by atoms with Gasteiger partial charge in [0.1, 0.15) is 29.2 Å². The molecule has 0 saturated heterocycles. The van der Waals surface area contributed by atoms with E-state index in [9.17, 15) is 9.18 Å². The second-order valence-corrected chi connectivity index (χ2v) is 7.83. The minimum absolute atomic E-state index is 0.138. The van der Waals surface area contributed by atoms with Crippen molar-refractivity contribution in [2.24, 2.45) is 7.05 Å². The summed E-state index contributed by atoms with van der Waals surface area (Å²) in [6.45, 7) is 0.138. The van der Waals surface area contributed by atoms with E-state index in [1.165, 1.54) is 31.3 Å². The number of nitrogens with zero attached hydrogens (tertiary/aromatic N) is 6. The Morgan fingerprint density at radius 3 is 2.87 bits per heavy atom. The first-order valence-corrected chi connectivity index (χ1v) is 10.2. The fourth-order valence-electron chi connectivity index (χ4n) is 4.06. The molecular weight excluding hydrogens is 399 g/mol. The molecule has 5 rings (SSSR count). The van der Waals surface area contributed by atoms with Gasteiger partial charge >= 0.3 is 0 Å². The molecule has 31 heavy (non-hydrogen) atoms. The number of amides is 1. The van der Waals surface area contributed by atoms with Crippen LogP contribution in [0.15, 0.2) is 30.7 Å². The lowest BCUT2D eigenvalue weighted by Gasteiger charge is -2.07. The van der Waals surface area contributed by atoms with Crippen LogP contribution in [0.4, 0.5) is 4.39 Å². The van der Waals surface area contributed by atoms with Crippen molar-refractivity contribution < 1.29 is 9.18 Å². The molecule has 1 aliphatic rings. The number of H-pyrrole nitrogens is 1. The molecule has 0 unspecified atom stereocenters. The van der Waals surface area contributed by atoms with Crippen molar-refractivity contribution in [3.05, 3.63) is 53.6 Å². The van der Waals surface area contributed by atoms with Crippen molar-refractivity contribution in [2.75, 3.05) is 0 Å². The number of aryl methyl sites for hydroxylation is 1. The van der Waals surface area contributed by atoms with Crippen LogP contribution in [0.3, 0.4) is 0 Å². The Balaban J connectivity index is 1.36. The summed E-state index contributed by atoms with van der Waals surface area (Å²) >= 11 is 0. The van der Waals surface area contributed by atoms with E-state index in [0.29, 0.717) is 33.9 Å². The van der Waals surface area contributed by atoms with Gasteiger partial charge in [-0.25, -0.2) is 19.3 Å². The summed E-state index contributed by atoms with van der Waals surface area (Å²) in [5.41, 5.74) is 3.00. The van der Waals surface area contributed by atoms with Crippen molar-refractivity contribution in [3.8, 4) is 11.3 Å². The number of hydrogen-bond acceptors (Lipinski definition) is 6. The van der Waals surface area contributed by atoms with Gasteiger partial charge in [-0.3, -0.25) is 9.48 Å². The standard InChI is InChI=1S/C21H21FN8O/c1-30-10-16(28-29-30)14-6-12(7-15(22)8-14)9-23-21(31)18-17-20(25-11-24-18)27-19(26-17)13-4-2-3-5-13/h6-8,10-11,13H,2-5,9H2,1H3,(H,23,31)(H,24,25,26,27). The zero-order chi connectivity index (χ0) is 21.4. The number of benzene rings is 1. The van der Waals surface area contributed by atoms with Gasteiger partial charge in [0, 0.05) is 25.1 Å². The van der Waals surface area contributed by atoms with Crippen LogP contribution in [-0.4, -0.2) is 40.8 Å². The fraction of sp³-hybridized carbons (Fsp3) is 0.333. The summed E-state index contributed by atoms with van der Waals surface area (Å²) < 4.78 is 15.7. The van der Waals surface area contributed by atoms with Gasteiger partial charge in [0.25, 0.3) is 5.91 Å². The maximum absolute atomic E-state index is 14.1. The van der Waals surface area contributed by atoms with E-state index < -0.39 is 5.82 Å². The van der Waals surface area contributed by atoms with Crippen LogP contribution in [0, 0.1) is 5.82 Å². The van der Waals surface area contributed by atoms with Gasteiger partial charge in [-0.05, 0) is 36.6 Å². The van der Waals surface area contributed by atoms with E-state index in [1.54, 1.807) is 24.0 Å². The molecule has 0 radical (unpaired) electrons. The first kappa shape index (κ1) is 19.3. The highest BCUT2D eigenvalue weighted by molar-refractivity contribution is 6.02. The highest BCUT2D eigenvalue weighted by atomic mass is 19.1. The Morgan fingerprint density at radius 1 is 1.26 bits per heavy atom. The molecule has 9 nitrogen and oxygen atoms in total. The van der Waals surface area contributed by atoms with Gasteiger partial charge in [-0.2, -0.15) is 0 Å². The minimum atomic E-state index is -0.411. The molecule has 1 amide bonds. The number of nitrogens with one attached hydrogen (secondary N) is 2. The van der Waals surface area contributed by atoms with Gasteiger partial charge in [0.05, 0.1) is 6.20 Å².